The number of nitro benzene ring substituents is 1. The van der Waals surface area contributed by atoms with Crippen molar-refractivity contribution in [1.82, 2.24) is 5.32 Å². The summed E-state index contributed by atoms with van der Waals surface area (Å²) < 4.78 is 5.72. The van der Waals surface area contributed by atoms with E-state index in [0.29, 0.717) is 4.47 Å². The maximum Gasteiger partial charge on any atom is 0.312 e. The molecule has 0 aliphatic rings. The van der Waals surface area contributed by atoms with E-state index in [1.54, 1.807) is 13.8 Å². The smallest absolute Gasteiger partial charge is 0.312 e. The van der Waals surface area contributed by atoms with Crippen LogP contribution in [-0.2, 0) is 4.79 Å². The van der Waals surface area contributed by atoms with Gasteiger partial charge in [0.1, 0.15) is 0 Å². The summed E-state index contributed by atoms with van der Waals surface area (Å²) in [5, 5.41) is 23.4. The van der Waals surface area contributed by atoms with Crippen molar-refractivity contribution in [2.75, 3.05) is 6.61 Å². The Hall–Kier alpha value is -1.67. The van der Waals surface area contributed by atoms with Gasteiger partial charge >= 0.3 is 5.69 Å². The lowest BCUT2D eigenvalue weighted by Crippen LogP contribution is -2.34. The molecule has 0 saturated heterocycles. The zero-order valence-corrected chi connectivity index (χ0v) is 13.5. The summed E-state index contributed by atoms with van der Waals surface area (Å²) >= 11 is 3.15. The van der Waals surface area contributed by atoms with E-state index in [1.165, 1.54) is 19.1 Å². The number of benzene rings is 1. The highest BCUT2D eigenvalue weighted by Gasteiger charge is 2.24. The summed E-state index contributed by atoms with van der Waals surface area (Å²) in [6, 6.07) is 2.73. The first-order valence-corrected chi connectivity index (χ1v) is 7.09. The quantitative estimate of drug-likeness (QED) is 0.598. The Morgan fingerprint density at radius 2 is 2.10 bits per heavy atom. The molecule has 8 heteroatoms. The van der Waals surface area contributed by atoms with Gasteiger partial charge in [0.15, 0.2) is 6.61 Å². The molecule has 21 heavy (non-hydrogen) atoms. The molecule has 0 aliphatic heterocycles. The average molecular weight is 361 g/mol. The molecule has 1 aromatic rings. The molecule has 0 spiro atoms. The maximum absolute atomic E-state index is 11.6. The highest BCUT2D eigenvalue weighted by atomic mass is 79.9. The Morgan fingerprint density at radius 1 is 1.48 bits per heavy atom. The van der Waals surface area contributed by atoms with E-state index in [2.05, 4.69) is 21.2 Å². The van der Waals surface area contributed by atoms with Crippen molar-refractivity contribution >= 4 is 27.5 Å². The molecule has 0 aliphatic carbocycles. The van der Waals surface area contributed by atoms with E-state index in [0.717, 1.165) is 0 Å². The number of aliphatic hydroxyl groups is 1. The molecule has 0 radical (unpaired) electrons. The van der Waals surface area contributed by atoms with Crippen LogP contribution in [0.15, 0.2) is 16.6 Å². The second kappa shape index (κ2) is 7.37. The Morgan fingerprint density at radius 3 is 2.57 bits per heavy atom. The second-order valence-electron chi connectivity index (χ2n) is 4.79. The lowest BCUT2D eigenvalue weighted by Gasteiger charge is -2.15. The van der Waals surface area contributed by atoms with Crippen LogP contribution < -0.4 is 10.1 Å². The van der Waals surface area contributed by atoms with E-state index in [9.17, 15) is 20.0 Å². The Balaban J connectivity index is 3.08. The maximum atomic E-state index is 11.6. The van der Waals surface area contributed by atoms with Gasteiger partial charge < -0.3 is 15.2 Å². The van der Waals surface area contributed by atoms with Gasteiger partial charge in [0, 0.05) is 22.1 Å². The molecule has 0 unspecified atom stereocenters. The summed E-state index contributed by atoms with van der Waals surface area (Å²) in [6.45, 7) is 4.69. The average Bonchev–Trinajstić information content (AvgIpc) is 2.35. The minimum absolute atomic E-state index is 0.0581. The van der Waals surface area contributed by atoms with Gasteiger partial charge in [0.2, 0.25) is 5.75 Å². The molecule has 0 aromatic heterocycles. The van der Waals surface area contributed by atoms with Crippen LogP contribution in [0.3, 0.4) is 0 Å². The lowest BCUT2D eigenvalue weighted by molar-refractivity contribution is -0.386. The van der Waals surface area contributed by atoms with Crippen molar-refractivity contribution < 1.29 is 19.6 Å². The number of amides is 1. The van der Waals surface area contributed by atoms with Crippen LogP contribution in [0.1, 0.15) is 32.4 Å². The number of nitrogens with one attached hydrogen (secondary N) is 1. The predicted molar refractivity (Wildman–Crippen MR) is 80.2 cm³/mol. The number of carbonyl (C=O) groups excluding carboxylic acids is 1. The van der Waals surface area contributed by atoms with Crippen LogP contribution in [0.2, 0.25) is 0 Å². The normalized spacial score (nSPS) is 12.1. The molecule has 0 heterocycles. The number of nitro groups is 1. The van der Waals surface area contributed by atoms with Crippen molar-refractivity contribution in [1.29, 1.82) is 0 Å². The number of hydrogen-bond donors (Lipinski definition) is 2. The number of carbonyl (C=O) groups is 1. The number of halogens is 1. The highest BCUT2D eigenvalue weighted by Crippen LogP contribution is 2.37. The molecular formula is C13H17BrN2O5. The predicted octanol–water partition coefficient (Wildman–Crippen LogP) is 2.31. The summed E-state index contributed by atoms with van der Waals surface area (Å²) in [7, 11) is 0. The molecule has 7 nitrogen and oxygen atoms in total. The van der Waals surface area contributed by atoms with E-state index < -0.39 is 16.9 Å². The first-order chi connectivity index (χ1) is 9.72. The van der Waals surface area contributed by atoms with Gasteiger partial charge in [-0.25, -0.2) is 0 Å². The van der Waals surface area contributed by atoms with Gasteiger partial charge in [-0.1, -0.05) is 15.9 Å². The van der Waals surface area contributed by atoms with Crippen molar-refractivity contribution in [3.05, 3.63) is 32.3 Å². The Kier molecular flexibility index (Phi) is 6.10. The van der Waals surface area contributed by atoms with Crippen molar-refractivity contribution in [3.63, 3.8) is 0 Å². The van der Waals surface area contributed by atoms with Gasteiger partial charge in [0.05, 0.1) is 11.0 Å². The van der Waals surface area contributed by atoms with Gasteiger partial charge in [-0.05, 0) is 26.8 Å². The first kappa shape index (κ1) is 17.4. The molecule has 1 rings (SSSR count). The van der Waals surface area contributed by atoms with Crippen LogP contribution in [0.25, 0.3) is 0 Å². The van der Waals surface area contributed by atoms with Crippen LogP contribution in [0.5, 0.6) is 5.75 Å². The molecule has 116 valence electrons. The molecule has 2 N–H and O–H groups in total. The molecule has 0 saturated carbocycles. The number of rotatable bonds is 6. The Bertz CT molecular complexity index is 546. The van der Waals surface area contributed by atoms with Crippen LogP contribution in [0.4, 0.5) is 5.69 Å². The van der Waals surface area contributed by atoms with E-state index >= 15 is 0 Å². The third kappa shape index (κ3) is 4.98. The first-order valence-electron chi connectivity index (χ1n) is 6.30. The van der Waals surface area contributed by atoms with Crippen LogP contribution >= 0.6 is 15.9 Å². The third-order valence-corrected chi connectivity index (χ3v) is 2.96. The second-order valence-corrected chi connectivity index (χ2v) is 5.70. The molecule has 0 bridgehead atoms. The molecule has 1 atom stereocenters. The van der Waals surface area contributed by atoms with Crippen molar-refractivity contribution in [2.24, 2.45) is 0 Å². The van der Waals surface area contributed by atoms with E-state index in [-0.39, 0.29) is 29.6 Å². The van der Waals surface area contributed by atoms with Gasteiger partial charge in [-0.2, -0.15) is 0 Å². The number of nitrogens with zero attached hydrogens (tertiary/aromatic N) is 1. The summed E-state index contributed by atoms with van der Waals surface area (Å²) in [5.74, 6) is -0.490. The molecule has 0 fully saturated rings. The number of hydrogen-bond acceptors (Lipinski definition) is 5. The minimum atomic E-state index is -0.968. The fourth-order valence-electron chi connectivity index (χ4n) is 1.70. The summed E-state index contributed by atoms with van der Waals surface area (Å²) in [5.41, 5.74) is -0.0638. The van der Waals surface area contributed by atoms with E-state index in [4.69, 9.17) is 4.74 Å². The standard InChI is InChI=1S/C13H17BrN2O5/c1-7(2)15-12(18)6-21-13-10(8(3)17)4-9(14)5-11(13)16(19)20/h4-5,7-8,17H,6H2,1-3H3,(H,15,18)/t8-/m0/s1. The fraction of sp³-hybridized carbons (Fsp3) is 0.462. The Labute approximate surface area is 130 Å². The monoisotopic (exact) mass is 360 g/mol. The fourth-order valence-corrected chi connectivity index (χ4v) is 2.17. The zero-order valence-electron chi connectivity index (χ0n) is 11.9. The van der Waals surface area contributed by atoms with Gasteiger partial charge in [0.25, 0.3) is 5.91 Å². The van der Waals surface area contributed by atoms with E-state index in [1.807, 2.05) is 0 Å². The topological polar surface area (TPSA) is 102 Å². The van der Waals surface area contributed by atoms with Crippen molar-refractivity contribution in [2.45, 2.75) is 32.9 Å². The summed E-state index contributed by atoms with van der Waals surface area (Å²) in [6.07, 6.45) is -0.968. The van der Waals surface area contributed by atoms with Gasteiger partial charge in [-0.15, -0.1) is 0 Å². The highest BCUT2D eigenvalue weighted by molar-refractivity contribution is 9.10. The minimum Gasteiger partial charge on any atom is -0.476 e. The largest absolute Gasteiger partial charge is 0.476 e. The van der Waals surface area contributed by atoms with Gasteiger partial charge in [-0.3, -0.25) is 14.9 Å². The summed E-state index contributed by atoms with van der Waals surface area (Å²) in [4.78, 5) is 22.1. The van der Waals surface area contributed by atoms with Crippen LogP contribution in [0, 0.1) is 10.1 Å². The lowest BCUT2D eigenvalue weighted by atomic mass is 10.1. The number of aliphatic hydroxyl groups excluding tert-OH is 1. The third-order valence-electron chi connectivity index (χ3n) is 2.51. The van der Waals surface area contributed by atoms with Crippen LogP contribution in [-0.4, -0.2) is 28.6 Å². The molecular weight excluding hydrogens is 344 g/mol. The van der Waals surface area contributed by atoms with Crippen molar-refractivity contribution in [3.8, 4) is 5.75 Å². The molecule has 1 amide bonds. The zero-order chi connectivity index (χ0) is 16.2. The number of ether oxygens (including phenoxy) is 1. The molecule has 1 aromatic carbocycles. The SMILES string of the molecule is CC(C)NC(=O)COc1c([C@H](C)O)cc(Br)cc1[N+](=O)[O-].